The predicted molar refractivity (Wildman–Crippen MR) is 142 cm³/mol. The number of carbonyl (C=O) groups is 1. The largest absolute Gasteiger partial charge is 0.478 e. The van der Waals surface area contributed by atoms with Gasteiger partial charge in [0.2, 0.25) is 0 Å². The number of aryl methyl sites for hydroxylation is 3. The van der Waals surface area contributed by atoms with Crippen LogP contribution in [0.3, 0.4) is 0 Å². The van der Waals surface area contributed by atoms with Crippen molar-refractivity contribution in [2.75, 3.05) is 0 Å². The van der Waals surface area contributed by atoms with E-state index in [1.54, 1.807) is 0 Å². The summed E-state index contributed by atoms with van der Waals surface area (Å²) >= 11 is 0. The standard InChI is InChI=1S/3C9H10.C3H4O2/c1-3-9-6-4-8(2)5-7-9;1-3-9-6-4-5-8(2)7-9;1-3-9-7-5-4-6-8(9)2;1-2-3(4)5/h3*3-7H,1H2,2H3;2H,1H2,(H,4,5). The summed E-state index contributed by atoms with van der Waals surface area (Å²) in [5.74, 6) is -0.981. The molecule has 2 heteroatoms. The van der Waals surface area contributed by atoms with Crippen molar-refractivity contribution in [1.29, 1.82) is 0 Å². The molecule has 166 valence electrons. The van der Waals surface area contributed by atoms with Crippen LogP contribution in [-0.2, 0) is 4.79 Å². The highest BCUT2D eigenvalue weighted by Crippen LogP contribution is 2.07. The highest BCUT2D eigenvalue weighted by Gasteiger charge is 1.87. The third-order valence-corrected chi connectivity index (χ3v) is 4.17. The molecule has 0 aliphatic carbocycles. The van der Waals surface area contributed by atoms with Crippen LogP contribution in [-0.4, -0.2) is 11.1 Å². The fourth-order valence-electron chi connectivity index (χ4n) is 2.32. The van der Waals surface area contributed by atoms with E-state index < -0.39 is 5.97 Å². The molecule has 0 atom stereocenters. The predicted octanol–water partition coefficient (Wildman–Crippen LogP) is 8.17. The van der Waals surface area contributed by atoms with Crippen LogP contribution in [0.4, 0.5) is 0 Å². The zero-order valence-corrected chi connectivity index (χ0v) is 19.4. The van der Waals surface area contributed by atoms with Gasteiger partial charge in [-0.25, -0.2) is 4.79 Å². The van der Waals surface area contributed by atoms with Crippen molar-refractivity contribution >= 4 is 24.2 Å². The van der Waals surface area contributed by atoms with Gasteiger partial charge >= 0.3 is 5.97 Å². The van der Waals surface area contributed by atoms with E-state index in [4.69, 9.17) is 5.11 Å². The molecule has 3 rings (SSSR count). The smallest absolute Gasteiger partial charge is 0.327 e. The molecular weight excluding hydrogens is 392 g/mol. The molecule has 0 saturated carbocycles. The van der Waals surface area contributed by atoms with Crippen molar-refractivity contribution in [2.45, 2.75) is 20.8 Å². The lowest BCUT2D eigenvalue weighted by Crippen LogP contribution is -1.82. The van der Waals surface area contributed by atoms with Gasteiger partial charge in [0.25, 0.3) is 0 Å². The van der Waals surface area contributed by atoms with Crippen LogP contribution in [0.5, 0.6) is 0 Å². The number of carboxylic acid groups (broad SMARTS) is 1. The summed E-state index contributed by atoms with van der Waals surface area (Å²) in [6.45, 7) is 20.2. The monoisotopic (exact) mass is 426 g/mol. The van der Waals surface area contributed by atoms with E-state index >= 15 is 0 Å². The van der Waals surface area contributed by atoms with E-state index in [1.165, 1.54) is 33.4 Å². The molecule has 0 aromatic heterocycles. The Labute approximate surface area is 193 Å². The fourth-order valence-corrected chi connectivity index (χ4v) is 2.32. The van der Waals surface area contributed by atoms with Crippen molar-refractivity contribution in [3.8, 4) is 0 Å². The molecule has 0 aliphatic heterocycles. The summed E-state index contributed by atoms with van der Waals surface area (Å²) < 4.78 is 0. The molecule has 3 aromatic carbocycles. The lowest BCUT2D eigenvalue weighted by atomic mass is 10.1. The second kappa shape index (κ2) is 16.8. The molecule has 0 radical (unpaired) electrons. The molecule has 2 nitrogen and oxygen atoms in total. The van der Waals surface area contributed by atoms with Gasteiger partial charge in [0.05, 0.1) is 0 Å². The van der Waals surface area contributed by atoms with E-state index in [1.807, 2.05) is 42.5 Å². The average molecular weight is 427 g/mol. The highest BCUT2D eigenvalue weighted by molar-refractivity contribution is 5.78. The van der Waals surface area contributed by atoms with E-state index in [9.17, 15) is 4.79 Å². The molecule has 0 bridgehead atoms. The Morgan fingerprint density at radius 3 is 1.62 bits per heavy atom. The number of rotatable bonds is 4. The first-order valence-electron chi connectivity index (χ1n) is 10.2. The molecule has 0 heterocycles. The van der Waals surface area contributed by atoms with Gasteiger partial charge in [-0.05, 0) is 43.0 Å². The maximum atomic E-state index is 9.25. The zero-order chi connectivity index (χ0) is 24.4. The molecular formula is C30H34O2. The summed E-state index contributed by atoms with van der Waals surface area (Å²) in [6.07, 6.45) is 6.40. The van der Waals surface area contributed by atoms with Crippen LogP contribution in [0, 0.1) is 20.8 Å². The van der Waals surface area contributed by atoms with Crippen molar-refractivity contribution < 1.29 is 9.90 Å². The van der Waals surface area contributed by atoms with Gasteiger partial charge in [0, 0.05) is 6.08 Å². The molecule has 0 fully saturated rings. The summed E-state index contributed by atoms with van der Waals surface area (Å²) in [5, 5.41) is 7.60. The maximum absolute atomic E-state index is 9.25. The molecule has 3 aromatic rings. The lowest BCUT2D eigenvalue weighted by Gasteiger charge is -1.95. The Hall–Kier alpha value is -3.91. The Balaban J connectivity index is 0.000000410. The Morgan fingerprint density at radius 1 is 0.688 bits per heavy atom. The minimum Gasteiger partial charge on any atom is -0.478 e. The second-order valence-electron chi connectivity index (χ2n) is 6.84. The van der Waals surface area contributed by atoms with Crippen molar-refractivity contribution in [1.82, 2.24) is 0 Å². The zero-order valence-electron chi connectivity index (χ0n) is 19.4. The number of carboxylic acids is 1. The van der Waals surface area contributed by atoms with Crippen LogP contribution >= 0.6 is 0 Å². The van der Waals surface area contributed by atoms with E-state index in [2.05, 4.69) is 95.6 Å². The summed E-state index contributed by atoms with van der Waals surface area (Å²) in [7, 11) is 0. The first-order valence-corrected chi connectivity index (χ1v) is 10.2. The highest BCUT2D eigenvalue weighted by atomic mass is 16.4. The van der Waals surface area contributed by atoms with Crippen molar-refractivity contribution in [3.63, 3.8) is 0 Å². The fraction of sp³-hybridized carbons (Fsp3) is 0.100. The van der Waals surface area contributed by atoms with Gasteiger partial charge in [-0.1, -0.05) is 128 Å². The Kier molecular flexibility index (Phi) is 14.8. The summed E-state index contributed by atoms with van der Waals surface area (Å²) in [6, 6.07) is 24.7. The second-order valence-corrected chi connectivity index (χ2v) is 6.84. The summed E-state index contributed by atoms with van der Waals surface area (Å²) in [5.41, 5.74) is 7.45. The van der Waals surface area contributed by atoms with Crippen LogP contribution < -0.4 is 0 Å². The Bertz CT molecular complexity index is 995. The molecule has 0 unspecified atom stereocenters. The van der Waals surface area contributed by atoms with E-state index in [0.29, 0.717) is 0 Å². The first kappa shape index (κ1) is 28.1. The van der Waals surface area contributed by atoms with Gasteiger partial charge in [-0.15, -0.1) is 0 Å². The molecule has 0 amide bonds. The average Bonchev–Trinajstić information content (AvgIpc) is 2.81. The quantitative estimate of drug-likeness (QED) is 0.427. The van der Waals surface area contributed by atoms with Gasteiger partial charge in [0.15, 0.2) is 0 Å². The van der Waals surface area contributed by atoms with Crippen LogP contribution in [0.2, 0.25) is 0 Å². The third-order valence-electron chi connectivity index (χ3n) is 4.17. The van der Waals surface area contributed by atoms with Crippen LogP contribution in [0.15, 0.2) is 105 Å². The van der Waals surface area contributed by atoms with Crippen molar-refractivity contribution in [3.05, 3.63) is 139 Å². The molecule has 0 saturated heterocycles. The Morgan fingerprint density at radius 2 is 1.25 bits per heavy atom. The van der Waals surface area contributed by atoms with Crippen molar-refractivity contribution in [2.24, 2.45) is 0 Å². The number of aliphatic carboxylic acids is 1. The van der Waals surface area contributed by atoms with Gasteiger partial charge < -0.3 is 5.11 Å². The van der Waals surface area contributed by atoms with E-state index in [0.717, 1.165) is 6.08 Å². The van der Waals surface area contributed by atoms with Gasteiger partial charge in [-0.3, -0.25) is 0 Å². The number of hydrogen-bond acceptors (Lipinski definition) is 1. The third kappa shape index (κ3) is 13.3. The minimum absolute atomic E-state index is 0.833. The number of hydrogen-bond donors (Lipinski definition) is 1. The maximum Gasteiger partial charge on any atom is 0.327 e. The van der Waals surface area contributed by atoms with Gasteiger partial charge in [0.1, 0.15) is 0 Å². The normalized spacial score (nSPS) is 8.59. The molecule has 0 aliphatic rings. The van der Waals surface area contributed by atoms with Crippen LogP contribution in [0.25, 0.3) is 18.2 Å². The first-order chi connectivity index (χ1) is 15.3. The minimum atomic E-state index is -0.981. The van der Waals surface area contributed by atoms with Crippen LogP contribution in [0.1, 0.15) is 33.4 Å². The molecule has 32 heavy (non-hydrogen) atoms. The van der Waals surface area contributed by atoms with E-state index in [-0.39, 0.29) is 0 Å². The topological polar surface area (TPSA) is 37.3 Å². The molecule has 0 spiro atoms. The summed E-state index contributed by atoms with van der Waals surface area (Å²) in [4.78, 5) is 9.25. The SMILES string of the molecule is C=CC(=O)O.C=Cc1ccc(C)cc1.C=Cc1cccc(C)c1.C=Cc1ccccc1C. The lowest BCUT2D eigenvalue weighted by molar-refractivity contribution is -0.131. The van der Waals surface area contributed by atoms with Gasteiger partial charge in [-0.2, -0.15) is 0 Å². The number of benzene rings is 3. The molecule has 1 N–H and O–H groups in total.